The minimum absolute atomic E-state index is 0.0683. The highest BCUT2D eigenvalue weighted by molar-refractivity contribution is 5.88. The summed E-state index contributed by atoms with van der Waals surface area (Å²) >= 11 is 0. The Balaban J connectivity index is 0.000000138. The van der Waals surface area contributed by atoms with Crippen molar-refractivity contribution in [1.82, 2.24) is 0 Å². The Morgan fingerprint density at radius 1 is 0.192 bits per heavy atom. The van der Waals surface area contributed by atoms with Crippen LogP contribution in [0.15, 0.2) is 473 Å². The van der Waals surface area contributed by atoms with Crippen molar-refractivity contribution in [3.8, 4) is 72.8 Å². The molecule has 18 aromatic rings. The maximum atomic E-state index is 11.3. The van der Waals surface area contributed by atoms with Crippen LogP contribution in [0.1, 0.15) is 5.56 Å². The van der Waals surface area contributed by atoms with Crippen LogP contribution in [0.4, 0.5) is 96.7 Å². The fourth-order valence-corrected chi connectivity index (χ4v) is 15.4. The molecule has 13 heteroatoms. The normalized spacial score (nSPS) is 10.6. The van der Waals surface area contributed by atoms with Crippen LogP contribution in [-0.4, -0.2) is 31.0 Å². The van der Waals surface area contributed by atoms with E-state index in [1.54, 1.807) is 24.3 Å². The van der Waals surface area contributed by atoms with Crippen LogP contribution in [0.5, 0.6) is 0 Å². The summed E-state index contributed by atoms with van der Waals surface area (Å²) in [5, 5.41) is 31.5. The Hall–Kier alpha value is -17.0. The Kier molecular flexibility index (Phi) is 25.4. The number of benzene rings is 18. The van der Waals surface area contributed by atoms with Gasteiger partial charge in [-0.15, -0.1) is 0 Å². The number of non-ortho nitro benzene ring substituents is 2. The molecule has 0 saturated carbocycles. The van der Waals surface area contributed by atoms with Gasteiger partial charge in [0.2, 0.25) is 0 Å². The molecule has 0 aliphatic carbocycles. The molecule has 0 saturated heterocycles. The molecule has 125 heavy (non-hydrogen) atoms. The lowest BCUT2D eigenvalue weighted by molar-refractivity contribution is -0.385. The van der Waals surface area contributed by atoms with Crippen molar-refractivity contribution in [1.29, 1.82) is 5.26 Å². The molecule has 0 unspecified atom stereocenters. The standard InChI is InChI=1S/C38H29N3.2C37H29N3O2/c1-40(34-20-18-29(28-39)19-21-34)35-22-24-36(25-23-35)41(37-16-8-14-32(26-37)30-10-4-2-5-11-30)38-17-9-15-33(27-38)31-12-6-3-7-13-31;1-38(34-17-10-20-37(27-34)40(41)42)32-21-23-33(24-22-32)39(35-18-8-15-30(25-35)28-11-4-2-5-12-28)36-19-9-16-31(26-36)29-13-6-3-7-14-29;1-38(33-20-24-35(25-21-33)40(41)42)32-18-22-34(23-19-32)39(36-16-8-14-30(26-36)28-10-4-2-5-11-28)37-17-9-15-31(27-37)29-12-6-3-7-13-29/h2-27H,1H3;2*2-27H,1H3. The van der Waals surface area contributed by atoms with Crippen molar-refractivity contribution in [2.24, 2.45) is 0 Å². The van der Waals surface area contributed by atoms with Crippen molar-refractivity contribution in [3.05, 3.63) is 499 Å². The molecule has 0 fully saturated rings. The lowest BCUT2D eigenvalue weighted by atomic mass is 10.0. The van der Waals surface area contributed by atoms with E-state index in [0.717, 1.165) is 130 Å². The van der Waals surface area contributed by atoms with Crippen LogP contribution in [0.25, 0.3) is 66.8 Å². The van der Waals surface area contributed by atoms with E-state index >= 15 is 0 Å². The van der Waals surface area contributed by atoms with Gasteiger partial charge in [-0.2, -0.15) is 5.26 Å². The average Bonchev–Trinajstić information content (AvgIpc) is 0.794. The molecular weight excluding hydrogens is 1540 g/mol. The van der Waals surface area contributed by atoms with Crippen molar-refractivity contribution >= 4 is 96.7 Å². The van der Waals surface area contributed by atoms with Crippen LogP contribution in [-0.2, 0) is 0 Å². The molecule has 0 amide bonds. The second-order valence-corrected chi connectivity index (χ2v) is 29.9. The van der Waals surface area contributed by atoms with Gasteiger partial charge in [0.1, 0.15) is 0 Å². The van der Waals surface area contributed by atoms with Crippen molar-refractivity contribution in [2.45, 2.75) is 0 Å². The van der Waals surface area contributed by atoms with Gasteiger partial charge in [-0.1, -0.05) is 261 Å². The maximum Gasteiger partial charge on any atom is 0.271 e. The summed E-state index contributed by atoms with van der Waals surface area (Å²) in [6.07, 6.45) is 0. The number of nitrogens with zero attached hydrogens (tertiary/aromatic N) is 9. The van der Waals surface area contributed by atoms with E-state index in [-0.39, 0.29) is 21.2 Å². The molecule has 0 radical (unpaired) electrons. The van der Waals surface area contributed by atoms with Gasteiger partial charge in [0.15, 0.2) is 0 Å². The number of rotatable bonds is 23. The number of nitro groups is 2. The summed E-state index contributed by atoms with van der Waals surface area (Å²) in [6.45, 7) is 0. The summed E-state index contributed by atoms with van der Waals surface area (Å²) in [5.41, 5.74) is 29.8. The number of nitro benzene ring substituents is 2. The first-order valence-electron chi connectivity index (χ1n) is 41.2. The van der Waals surface area contributed by atoms with Gasteiger partial charge in [-0.3, -0.25) is 20.2 Å². The Morgan fingerprint density at radius 2 is 0.384 bits per heavy atom. The Bertz CT molecular complexity index is 6460. The molecule has 0 heterocycles. The van der Waals surface area contributed by atoms with E-state index in [4.69, 9.17) is 5.26 Å². The van der Waals surface area contributed by atoms with Gasteiger partial charge in [0.05, 0.1) is 21.5 Å². The van der Waals surface area contributed by atoms with Crippen LogP contribution in [0.3, 0.4) is 0 Å². The van der Waals surface area contributed by atoms with Gasteiger partial charge >= 0.3 is 0 Å². The maximum absolute atomic E-state index is 11.3. The highest BCUT2D eigenvalue weighted by Gasteiger charge is 2.22. The number of nitriles is 1. The second-order valence-electron chi connectivity index (χ2n) is 29.9. The summed E-state index contributed by atoms with van der Waals surface area (Å²) < 4.78 is 0. The lowest BCUT2D eigenvalue weighted by Crippen LogP contribution is -2.12. The number of hydrogen-bond donors (Lipinski definition) is 0. The predicted molar refractivity (Wildman–Crippen MR) is 518 cm³/mol. The van der Waals surface area contributed by atoms with Crippen LogP contribution in [0.2, 0.25) is 0 Å². The molecule has 604 valence electrons. The molecule has 0 aliphatic rings. The monoisotopic (exact) mass is 1620 g/mol. The minimum atomic E-state index is -0.382. The van der Waals surface area contributed by atoms with E-state index in [0.29, 0.717) is 5.56 Å². The lowest BCUT2D eigenvalue weighted by Gasteiger charge is -2.27. The van der Waals surface area contributed by atoms with E-state index < -0.39 is 0 Å². The first-order valence-corrected chi connectivity index (χ1v) is 41.2. The zero-order valence-corrected chi connectivity index (χ0v) is 69.2. The van der Waals surface area contributed by atoms with E-state index in [1.807, 2.05) is 110 Å². The molecule has 0 N–H and O–H groups in total. The zero-order chi connectivity index (χ0) is 85.8. The van der Waals surface area contributed by atoms with E-state index in [2.05, 4.69) is 378 Å². The average molecular weight is 1620 g/mol. The van der Waals surface area contributed by atoms with Crippen molar-refractivity contribution < 1.29 is 9.85 Å². The fourth-order valence-electron chi connectivity index (χ4n) is 15.4. The highest BCUT2D eigenvalue weighted by Crippen LogP contribution is 2.45. The summed E-state index contributed by atoms with van der Waals surface area (Å²) in [5.74, 6) is 0. The van der Waals surface area contributed by atoms with Crippen LogP contribution < -0.4 is 29.4 Å². The van der Waals surface area contributed by atoms with Gasteiger partial charge in [-0.05, 0) is 255 Å². The largest absolute Gasteiger partial charge is 0.345 e. The highest BCUT2D eigenvalue weighted by atomic mass is 16.6. The molecule has 18 aromatic carbocycles. The SMILES string of the molecule is CN(c1ccc(C#N)cc1)c1ccc(N(c2cccc(-c3ccccc3)c2)c2cccc(-c3ccccc3)c2)cc1.CN(c1ccc(N(c2cccc(-c3ccccc3)c2)c2cccc(-c3ccccc3)c2)cc1)c1ccc([N+](=O)[O-])cc1.CN(c1ccc(N(c2cccc(-c3ccccc3)c2)c2cccc(-c3ccccc3)c2)cc1)c1cccc([N+](=O)[O-])c1. The molecule has 0 bridgehead atoms. The third-order valence-electron chi connectivity index (χ3n) is 22.0. The first kappa shape index (κ1) is 81.8. The number of anilines is 15. The molecule has 13 nitrogen and oxygen atoms in total. The topological polar surface area (TPSA) is 130 Å². The summed E-state index contributed by atoms with van der Waals surface area (Å²) in [6, 6.07) is 163. The molecule has 18 rings (SSSR count). The van der Waals surface area contributed by atoms with Gasteiger partial charge in [-0.25, -0.2) is 0 Å². The van der Waals surface area contributed by atoms with Crippen LogP contribution in [0, 0.1) is 31.6 Å². The van der Waals surface area contributed by atoms with E-state index in [1.165, 1.54) is 40.5 Å². The minimum Gasteiger partial charge on any atom is -0.345 e. The predicted octanol–water partition coefficient (Wildman–Crippen LogP) is 30.5. The van der Waals surface area contributed by atoms with Gasteiger partial charge < -0.3 is 29.4 Å². The number of hydrogen-bond acceptors (Lipinski definition) is 11. The smallest absolute Gasteiger partial charge is 0.271 e. The van der Waals surface area contributed by atoms with E-state index in [9.17, 15) is 20.2 Å². The van der Waals surface area contributed by atoms with Gasteiger partial charge in [0.25, 0.3) is 11.4 Å². The quantitative estimate of drug-likeness (QED) is 0.0448. The van der Waals surface area contributed by atoms with Crippen LogP contribution >= 0.6 is 0 Å². The molecule has 0 aromatic heterocycles. The first-order chi connectivity index (χ1) is 61.3. The Morgan fingerprint density at radius 3 is 0.616 bits per heavy atom. The summed E-state index contributed by atoms with van der Waals surface area (Å²) in [4.78, 5) is 34.6. The van der Waals surface area contributed by atoms with Gasteiger partial charge in [0, 0.05) is 131 Å². The molecule has 0 spiro atoms. The Labute approximate surface area is 729 Å². The zero-order valence-electron chi connectivity index (χ0n) is 69.2. The molecule has 0 atom stereocenters. The molecule has 0 aliphatic heterocycles. The van der Waals surface area contributed by atoms with Crippen molar-refractivity contribution in [3.63, 3.8) is 0 Å². The van der Waals surface area contributed by atoms with Crippen molar-refractivity contribution in [2.75, 3.05) is 50.5 Å². The third kappa shape index (κ3) is 19.7. The fraction of sp³-hybridized carbons (Fsp3) is 0.0268. The second kappa shape index (κ2) is 38.8. The third-order valence-corrected chi connectivity index (χ3v) is 22.0. The molecular formula is C112H87N9O4. The summed E-state index contributed by atoms with van der Waals surface area (Å²) in [7, 11) is 5.92.